The van der Waals surface area contributed by atoms with Crippen molar-refractivity contribution in [1.82, 2.24) is 0 Å². The standard InChI is InChI=1S/C32H36N4/c1-31(2,3)23-7-9-24(10-8-23)33-25-11-13-26(14-12-25)34-27-15-17-28(18-16-27)35-29-19-21-30(22-20-29)36-32(4,5)6/h7-22,33,36H,1-6H3. The second-order valence-electron chi connectivity index (χ2n) is 11.2. The second kappa shape index (κ2) is 10.4. The van der Waals surface area contributed by atoms with Crippen molar-refractivity contribution in [3.8, 4) is 0 Å². The van der Waals surface area contributed by atoms with E-state index in [1.807, 2.05) is 48.6 Å². The predicted molar refractivity (Wildman–Crippen MR) is 157 cm³/mol. The first kappa shape index (κ1) is 25.2. The minimum absolute atomic E-state index is 0.0349. The summed E-state index contributed by atoms with van der Waals surface area (Å²) in [6.45, 7) is 13.1. The van der Waals surface area contributed by atoms with Gasteiger partial charge in [0.1, 0.15) is 0 Å². The molecule has 0 radical (unpaired) electrons. The van der Waals surface area contributed by atoms with Crippen LogP contribution in [0.4, 0.5) is 28.4 Å². The summed E-state index contributed by atoms with van der Waals surface area (Å²) in [5, 5.41) is 6.93. The summed E-state index contributed by atoms with van der Waals surface area (Å²) in [5.74, 6) is 0. The molecule has 36 heavy (non-hydrogen) atoms. The van der Waals surface area contributed by atoms with Gasteiger partial charge in [-0.2, -0.15) is 0 Å². The molecule has 3 aromatic carbocycles. The van der Waals surface area contributed by atoms with Gasteiger partial charge in [-0.15, -0.1) is 0 Å². The lowest BCUT2D eigenvalue weighted by molar-refractivity contribution is 0.590. The Morgan fingerprint density at radius 3 is 1.28 bits per heavy atom. The van der Waals surface area contributed by atoms with Gasteiger partial charge in [0.25, 0.3) is 0 Å². The molecular formula is C32H36N4. The maximum absolute atomic E-state index is 4.74. The monoisotopic (exact) mass is 476 g/mol. The smallest absolute Gasteiger partial charge is 0.0638 e. The highest BCUT2D eigenvalue weighted by molar-refractivity contribution is 6.19. The highest BCUT2D eigenvalue weighted by Crippen LogP contribution is 2.26. The Balaban J connectivity index is 1.36. The molecule has 0 saturated heterocycles. The summed E-state index contributed by atoms with van der Waals surface area (Å²) in [6.07, 6.45) is 7.99. The third kappa shape index (κ3) is 7.29. The lowest BCUT2D eigenvalue weighted by atomic mass is 9.87. The Kier molecular flexibility index (Phi) is 7.25. The quantitative estimate of drug-likeness (QED) is 0.361. The van der Waals surface area contributed by atoms with Gasteiger partial charge >= 0.3 is 0 Å². The van der Waals surface area contributed by atoms with Crippen LogP contribution in [0.5, 0.6) is 0 Å². The molecule has 2 N–H and O–H groups in total. The molecule has 0 fully saturated rings. The molecule has 3 aromatic rings. The number of rotatable bonds is 5. The molecule has 4 heteroatoms. The third-order valence-corrected chi connectivity index (χ3v) is 5.66. The minimum atomic E-state index is 0.0349. The average Bonchev–Trinajstić information content (AvgIpc) is 2.82. The molecule has 4 nitrogen and oxygen atoms in total. The fraction of sp³-hybridized carbons (Fsp3) is 0.250. The van der Waals surface area contributed by atoms with Crippen molar-refractivity contribution < 1.29 is 0 Å². The fourth-order valence-electron chi connectivity index (χ4n) is 3.79. The van der Waals surface area contributed by atoms with Gasteiger partial charge in [0.15, 0.2) is 0 Å². The Morgan fingerprint density at radius 1 is 0.500 bits per heavy atom. The topological polar surface area (TPSA) is 48.8 Å². The summed E-state index contributed by atoms with van der Waals surface area (Å²) < 4.78 is 0. The number of benzene rings is 3. The number of nitrogens with zero attached hydrogens (tertiary/aromatic N) is 2. The van der Waals surface area contributed by atoms with Crippen LogP contribution in [0.25, 0.3) is 0 Å². The van der Waals surface area contributed by atoms with E-state index >= 15 is 0 Å². The van der Waals surface area contributed by atoms with Crippen molar-refractivity contribution in [2.45, 2.75) is 52.5 Å². The van der Waals surface area contributed by atoms with E-state index in [2.05, 4.69) is 101 Å². The van der Waals surface area contributed by atoms with Gasteiger partial charge in [0.2, 0.25) is 0 Å². The normalized spacial score (nSPS) is 13.5. The molecule has 0 amide bonds. The SMILES string of the molecule is CC(C)(C)Nc1ccc(N=C2C=CC(=Nc3ccc(Nc4ccc(C(C)(C)C)cc4)cc3)C=C2)cc1. The Morgan fingerprint density at radius 2 is 0.889 bits per heavy atom. The van der Waals surface area contributed by atoms with Gasteiger partial charge < -0.3 is 10.6 Å². The van der Waals surface area contributed by atoms with E-state index in [9.17, 15) is 0 Å². The van der Waals surface area contributed by atoms with Gasteiger partial charge in [-0.3, -0.25) is 0 Å². The third-order valence-electron chi connectivity index (χ3n) is 5.66. The highest BCUT2D eigenvalue weighted by Gasteiger charge is 2.13. The van der Waals surface area contributed by atoms with Crippen LogP contribution in [-0.2, 0) is 5.41 Å². The molecule has 4 rings (SSSR count). The molecule has 0 aromatic heterocycles. The van der Waals surface area contributed by atoms with Crippen LogP contribution in [-0.4, -0.2) is 17.0 Å². The van der Waals surface area contributed by atoms with Crippen LogP contribution in [0.2, 0.25) is 0 Å². The van der Waals surface area contributed by atoms with Crippen molar-refractivity contribution in [2.24, 2.45) is 9.98 Å². The zero-order valence-electron chi connectivity index (χ0n) is 22.1. The van der Waals surface area contributed by atoms with E-state index in [4.69, 9.17) is 9.98 Å². The maximum atomic E-state index is 4.74. The summed E-state index contributed by atoms with van der Waals surface area (Å²) in [5.41, 5.74) is 8.37. The lowest BCUT2D eigenvalue weighted by Crippen LogP contribution is -2.25. The van der Waals surface area contributed by atoms with Crippen LogP contribution in [0, 0.1) is 0 Å². The molecule has 184 valence electrons. The minimum Gasteiger partial charge on any atom is -0.380 e. The van der Waals surface area contributed by atoms with Gasteiger partial charge in [0.05, 0.1) is 22.8 Å². The maximum Gasteiger partial charge on any atom is 0.0638 e. The summed E-state index contributed by atoms with van der Waals surface area (Å²) in [6, 6.07) is 25.0. The van der Waals surface area contributed by atoms with Crippen LogP contribution in [0.15, 0.2) is 107 Å². The second-order valence-corrected chi connectivity index (χ2v) is 11.2. The first-order chi connectivity index (χ1) is 17.0. The first-order valence-electron chi connectivity index (χ1n) is 12.4. The van der Waals surface area contributed by atoms with E-state index in [1.54, 1.807) is 0 Å². The van der Waals surface area contributed by atoms with E-state index < -0.39 is 0 Å². The molecule has 1 aliphatic carbocycles. The number of aliphatic imine (C=N–C) groups is 2. The molecule has 0 unspecified atom stereocenters. The van der Waals surface area contributed by atoms with Crippen LogP contribution < -0.4 is 10.6 Å². The Labute approximate surface area is 215 Å². The van der Waals surface area contributed by atoms with E-state index in [-0.39, 0.29) is 11.0 Å². The zero-order chi connectivity index (χ0) is 25.8. The highest BCUT2D eigenvalue weighted by atomic mass is 14.9. The van der Waals surface area contributed by atoms with Crippen LogP contribution in [0.1, 0.15) is 47.1 Å². The van der Waals surface area contributed by atoms with E-state index in [1.165, 1.54) is 5.56 Å². The van der Waals surface area contributed by atoms with Gasteiger partial charge in [-0.05, 0) is 117 Å². The number of hydrogen-bond donors (Lipinski definition) is 2. The predicted octanol–water partition coefficient (Wildman–Crippen LogP) is 8.91. The van der Waals surface area contributed by atoms with Crippen molar-refractivity contribution in [1.29, 1.82) is 0 Å². The van der Waals surface area contributed by atoms with Crippen molar-refractivity contribution >= 4 is 39.9 Å². The number of allylic oxidation sites excluding steroid dienone is 4. The molecule has 1 aliphatic rings. The van der Waals surface area contributed by atoms with Gasteiger partial charge in [-0.1, -0.05) is 32.9 Å². The summed E-state index contributed by atoms with van der Waals surface area (Å²) in [4.78, 5) is 9.46. The van der Waals surface area contributed by atoms with Crippen molar-refractivity contribution in [3.63, 3.8) is 0 Å². The largest absolute Gasteiger partial charge is 0.380 e. The molecule has 0 atom stereocenters. The molecule has 0 heterocycles. The summed E-state index contributed by atoms with van der Waals surface area (Å²) in [7, 11) is 0. The average molecular weight is 477 g/mol. The number of anilines is 3. The van der Waals surface area contributed by atoms with Crippen molar-refractivity contribution in [2.75, 3.05) is 10.6 Å². The Hall–Kier alpha value is -3.92. The lowest BCUT2D eigenvalue weighted by Gasteiger charge is -2.22. The number of hydrogen-bond acceptors (Lipinski definition) is 4. The Bertz CT molecular complexity index is 1280. The van der Waals surface area contributed by atoms with Crippen LogP contribution in [0.3, 0.4) is 0 Å². The fourth-order valence-corrected chi connectivity index (χ4v) is 3.79. The summed E-state index contributed by atoms with van der Waals surface area (Å²) >= 11 is 0. The molecule has 0 bridgehead atoms. The first-order valence-corrected chi connectivity index (χ1v) is 12.4. The van der Waals surface area contributed by atoms with E-state index in [0.29, 0.717) is 0 Å². The van der Waals surface area contributed by atoms with Gasteiger partial charge in [0, 0.05) is 22.6 Å². The molecule has 0 saturated carbocycles. The number of nitrogens with one attached hydrogen (secondary N) is 2. The zero-order valence-corrected chi connectivity index (χ0v) is 22.1. The molecule has 0 spiro atoms. The van der Waals surface area contributed by atoms with Crippen LogP contribution >= 0.6 is 0 Å². The van der Waals surface area contributed by atoms with Gasteiger partial charge in [-0.25, -0.2) is 9.98 Å². The van der Waals surface area contributed by atoms with Crippen molar-refractivity contribution in [3.05, 3.63) is 103 Å². The molecule has 0 aliphatic heterocycles. The van der Waals surface area contributed by atoms with E-state index in [0.717, 1.165) is 39.9 Å². The molecular weight excluding hydrogens is 440 g/mol.